The van der Waals surface area contributed by atoms with Gasteiger partial charge in [-0.25, -0.2) is 5.01 Å². The highest BCUT2D eigenvalue weighted by molar-refractivity contribution is 7.82. The molecule has 0 amide bonds. The second-order valence-corrected chi connectivity index (χ2v) is 9.17. The lowest BCUT2D eigenvalue weighted by atomic mass is 9.91. The summed E-state index contributed by atoms with van der Waals surface area (Å²) in [5, 5.41) is 10.3. The zero-order valence-corrected chi connectivity index (χ0v) is 20.0. The lowest BCUT2D eigenvalue weighted by Gasteiger charge is -2.29. The van der Waals surface area contributed by atoms with Gasteiger partial charge in [0, 0.05) is 24.0 Å². The van der Waals surface area contributed by atoms with Crippen LogP contribution < -0.4 is 15.2 Å². The van der Waals surface area contributed by atoms with Crippen molar-refractivity contribution in [2.75, 3.05) is 25.2 Å². The predicted octanol–water partition coefficient (Wildman–Crippen LogP) is 5.87. The molecule has 0 aromatic heterocycles. The number of rotatable bonds is 5. The van der Waals surface area contributed by atoms with Gasteiger partial charge < -0.3 is 10.2 Å². The molecule has 2 aromatic carbocycles. The van der Waals surface area contributed by atoms with E-state index in [-0.39, 0.29) is 12.0 Å². The molecule has 164 valence electrons. The monoisotopic (exact) mass is 476 g/mol. The van der Waals surface area contributed by atoms with E-state index in [1.165, 1.54) is 19.3 Å². The lowest BCUT2D eigenvalue weighted by Crippen LogP contribution is -2.47. The van der Waals surface area contributed by atoms with E-state index in [4.69, 9.17) is 45.3 Å². The number of hydrogen-bond acceptors (Lipinski definition) is 5. The lowest BCUT2D eigenvalue weighted by molar-refractivity contribution is 0.197. The number of methoxy groups -OCH3 is 1. The Labute approximate surface area is 198 Å². The van der Waals surface area contributed by atoms with E-state index in [0.29, 0.717) is 15.0 Å². The molecule has 2 aromatic rings. The van der Waals surface area contributed by atoms with E-state index in [0.717, 1.165) is 35.8 Å². The average Bonchev–Trinajstić information content (AvgIpc) is 3.11. The van der Waals surface area contributed by atoms with Crippen molar-refractivity contribution in [1.29, 1.82) is 0 Å². The minimum Gasteiger partial charge on any atom is -0.497 e. The summed E-state index contributed by atoms with van der Waals surface area (Å²) in [4.78, 5) is 0.667. The molecule has 31 heavy (non-hydrogen) atoms. The number of hydrazine groups is 1. The minimum absolute atomic E-state index is 0.0549. The molecule has 0 bridgehead atoms. The highest BCUT2D eigenvalue weighted by Crippen LogP contribution is 2.42. The van der Waals surface area contributed by atoms with Gasteiger partial charge in [-0.2, -0.15) is 5.10 Å². The van der Waals surface area contributed by atoms with Gasteiger partial charge in [-0.1, -0.05) is 60.9 Å². The molecule has 5 nitrogen and oxygen atoms in total. The van der Waals surface area contributed by atoms with Crippen LogP contribution in [0.2, 0.25) is 10.0 Å². The summed E-state index contributed by atoms with van der Waals surface area (Å²) in [6, 6.07) is 13.5. The van der Waals surface area contributed by atoms with E-state index in [1.54, 1.807) is 13.2 Å². The van der Waals surface area contributed by atoms with Crippen LogP contribution in [0.4, 0.5) is 5.69 Å². The van der Waals surface area contributed by atoms with Gasteiger partial charge in [-0.15, -0.1) is 0 Å². The van der Waals surface area contributed by atoms with E-state index >= 15 is 0 Å². The zero-order chi connectivity index (χ0) is 22.0. The van der Waals surface area contributed by atoms with Crippen LogP contribution in [0.5, 0.6) is 5.75 Å². The fourth-order valence-corrected chi connectivity index (χ4v) is 5.04. The van der Waals surface area contributed by atoms with Crippen LogP contribution in [-0.2, 0) is 0 Å². The number of hydrogen-bond donors (Lipinski definition) is 1. The van der Waals surface area contributed by atoms with Gasteiger partial charge in [0.05, 0.1) is 23.9 Å². The van der Waals surface area contributed by atoms with Crippen LogP contribution in [0.3, 0.4) is 0 Å². The molecule has 2 unspecified atom stereocenters. The van der Waals surface area contributed by atoms with Crippen LogP contribution in [0, 0.1) is 5.92 Å². The molecular weight excluding hydrogens is 451 g/mol. The SMILES string of the molecule is COc1ccc(C2C(C)C(C(=S)NN3CCCCC3)=NN2c2ccc(Cl)cc2Cl)cc1. The summed E-state index contributed by atoms with van der Waals surface area (Å²) >= 11 is 18.5. The summed E-state index contributed by atoms with van der Waals surface area (Å²) in [6.45, 7) is 4.15. The molecule has 1 fully saturated rings. The fourth-order valence-electron chi connectivity index (χ4n) is 4.19. The van der Waals surface area contributed by atoms with Gasteiger partial charge in [-0.3, -0.25) is 5.01 Å². The summed E-state index contributed by atoms with van der Waals surface area (Å²) in [5.74, 6) is 0.874. The molecule has 1 N–H and O–H groups in total. The molecule has 1 saturated heterocycles. The number of thiocarbonyl (C=S) groups is 1. The highest BCUT2D eigenvalue weighted by atomic mass is 35.5. The molecule has 8 heteroatoms. The van der Waals surface area contributed by atoms with Gasteiger partial charge in [0.2, 0.25) is 0 Å². The van der Waals surface area contributed by atoms with Crippen molar-refractivity contribution < 1.29 is 4.74 Å². The molecule has 2 heterocycles. The van der Waals surface area contributed by atoms with Crippen LogP contribution in [0.15, 0.2) is 47.6 Å². The second kappa shape index (κ2) is 9.74. The van der Waals surface area contributed by atoms with Crippen molar-refractivity contribution in [2.45, 2.75) is 32.2 Å². The van der Waals surface area contributed by atoms with Gasteiger partial charge in [0.15, 0.2) is 0 Å². The smallest absolute Gasteiger partial charge is 0.137 e. The third-order valence-corrected chi connectivity index (χ3v) is 6.68. The Morgan fingerprint density at radius 3 is 2.45 bits per heavy atom. The van der Waals surface area contributed by atoms with E-state index < -0.39 is 0 Å². The van der Waals surface area contributed by atoms with Crippen molar-refractivity contribution in [3.63, 3.8) is 0 Å². The Balaban J connectivity index is 1.67. The summed E-state index contributed by atoms with van der Waals surface area (Å²) in [6.07, 6.45) is 3.63. The normalized spacial score (nSPS) is 21.7. The number of nitrogens with one attached hydrogen (secondary N) is 1. The van der Waals surface area contributed by atoms with Crippen molar-refractivity contribution >= 4 is 51.8 Å². The Morgan fingerprint density at radius 1 is 1.10 bits per heavy atom. The molecule has 2 aliphatic heterocycles. The summed E-state index contributed by atoms with van der Waals surface area (Å²) in [7, 11) is 1.67. The average molecular weight is 477 g/mol. The third kappa shape index (κ3) is 4.82. The Kier molecular flexibility index (Phi) is 7.02. The maximum atomic E-state index is 6.57. The number of hydrazone groups is 1. The Hall–Kier alpha value is -1.86. The maximum absolute atomic E-state index is 6.57. The molecule has 2 aliphatic rings. The van der Waals surface area contributed by atoms with E-state index in [9.17, 15) is 0 Å². The molecule has 2 atom stereocenters. The highest BCUT2D eigenvalue weighted by Gasteiger charge is 2.39. The first-order valence-electron chi connectivity index (χ1n) is 10.5. The topological polar surface area (TPSA) is 40.1 Å². The number of anilines is 1. The number of ether oxygens (including phenoxy) is 1. The van der Waals surface area contributed by atoms with Gasteiger partial charge in [-0.05, 0) is 48.7 Å². The molecule has 0 spiro atoms. The van der Waals surface area contributed by atoms with Crippen molar-refractivity contribution in [1.82, 2.24) is 10.4 Å². The van der Waals surface area contributed by atoms with E-state index in [2.05, 4.69) is 29.5 Å². The Bertz CT molecular complexity index is 976. The predicted molar refractivity (Wildman–Crippen MR) is 132 cm³/mol. The maximum Gasteiger partial charge on any atom is 0.137 e. The largest absolute Gasteiger partial charge is 0.497 e. The van der Waals surface area contributed by atoms with Crippen molar-refractivity contribution in [3.8, 4) is 5.75 Å². The van der Waals surface area contributed by atoms with Gasteiger partial charge >= 0.3 is 0 Å². The first-order chi connectivity index (χ1) is 15.0. The molecule has 0 saturated carbocycles. The van der Waals surface area contributed by atoms with Gasteiger partial charge in [0.1, 0.15) is 16.4 Å². The third-order valence-electron chi connectivity index (χ3n) is 5.85. The zero-order valence-electron chi connectivity index (χ0n) is 17.6. The quantitative estimate of drug-likeness (QED) is 0.546. The number of nitrogens with zero attached hydrogens (tertiary/aromatic N) is 3. The molecular formula is C23H26Cl2N4OS. The first-order valence-corrected chi connectivity index (χ1v) is 11.7. The van der Waals surface area contributed by atoms with Crippen LogP contribution in [0.1, 0.15) is 37.8 Å². The molecule has 0 aliphatic carbocycles. The number of piperidine rings is 1. The van der Waals surface area contributed by atoms with Crippen LogP contribution in [-0.4, -0.2) is 35.9 Å². The Morgan fingerprint density at radius 2 is 1.81 bits per heavy atom. The minimum atomic E-state index is -0.0549. The van der Waals surface area contributed by atoms with Crippen LogP contribution >= 0.6 is 35.4 Å². The van der Waals surface area contributed by atoms with Crippen molar-refractivity contribution in [3.05, 3.63) is 58.1 Å². The summed E-state index contributed by atoms with van der Waals surface area (Å²) in [5.41, 5.74) is 6.18. The first kappa shape index (κ1) is 22.3. The van der Waals surface area contributed by atoms with E-state index in [1.807, 2.05) is 29.3 Å². The second-order valence-electron chi connectivity index (χ2n) is 7.92. The number of halogens is 2. The summed E-state index contributed by atoms with van der Waals surface area (Å²) < 4.78 is 5.33. The number of benzene rings is 2. The van der Waals surface area contributed by atoms with Gasteiger partial charge in [0.25, 0.3) is 0 Å². The molecule has 0 radical (unpaired) electrons. The molecule has 4 rings (SSSR count). The fraction of sp³-hybridized carbons (Fsp3) is 0.391. The standard InChI is InChI=1S/C23H26Cl2N4OS/c1-15-21(23(31)27-28-12-4-3-5-13-28)26-29(20-11-8-17(24)14-19(20)25)22(15)16-6-9-18(30-2)10-7-16/h6-11,14-15,22H,3-5,12-13H2,1-2H3,(H,27,31). The van der Waals surface area contributed by atoms with Crippen LogP contribution in [0.25, 0.3) is 0 Å². The van der Waals surface area contributed by atoms with Crippen molar-refractivity contribution in [2.24, 2.45) is 11.0 Å².